The zero-order valence-electron chi connectivity index (χ0n) is 12.5. The lowest BCUT2D eigenvalue weighted by molar-refractivity contribution is 0.776. The van der Waals surface area contributed by atoms with Crippen molar-refractivity contribution < 1.29 is 0 Å². The first-order valence-corrected chi connectivity index (χ1v) is 6.83. The molecule has 0 fully saturated rings. The highest BCUT2D eigenvalue weighted by molar-refractivity contribution is 5.78. The lowest BCUT2D eigenvalue weighted by atomic mass is 10.1. The van der Waals surface area contributed by atoms with Crippen LogP contribution in [0.4, 0.5) is 0 Å². The number of nitrogens with zero attached hydrogens (tertiary/aromatic N) is 5. The number of hydrogen-bond acceptors (Lipinski definition) is 5. The monoisotopic (exact) mass is 294 g/mol. The van der Waals surface area contributed by atoms with Crippen molar-refractivity contribution in [2.24, 2.45) is 7.05 Å². The second-order valence-electron chi connectivity index (χ2n) is 5.38. The van der Waals surface area contributed by atoms with E-state index in [1.807, 2.05) is 39.2 Å². The summed E-state index contributed by atoms with van der Waals surface area (Å²) in [5, 5.41) is 14.2. The smallest absolute Gasteiger partial charge is 0.269 e. The summed E-state index contributed by atoms with van der Waals surface area (Å²) in [7, 11) is 1.82. The molecule has 0 atom stereocenters. The van der Waals surface area contributed by atoms with E-state index in [2.05, 4.69) is 20.1 Å². The third kappa shape index (κ3) is 2.24. The van der Waals surface area contributed by atoms with E-state index in [0.29, 0.717) is 22.7 Å². The van der Waals surface area contributed by atoms with Crippen molar-refractivity contribution in [3.05, 3.63) is 40.1 Å². The molecule has 3 rings (SSSR count). The Morgan fingerprint density at radius 1 is 1.41 bits per heavy atom. The van der Waals surface area contributed by atoms with Crippen molar-refractivity contribution >= 4 is 11.0 Å². The number of aryl methyl sites for hydroxylation is 1. The van der Waals surface area contributed by atoms with Crippen molar-refractivity contribution in [3.8, 4) is 17.5 Å². The lowest BCUT2D eigenvalue weighted by Gasteiger charge is -2.08. The first-order valence-electron chi connectivity index (χ1n) is 6.83. The highest BCUT2D eigenvalue weighted by atomic mass is 16.1. The molecule has 0 saturated heterocycles. The molecule has 0 aliphatic carbocycles. The molecule has 0 amide bonds. The molecule has 0 saturated carbocycles. The molecule has 0 bridgehead atoms. The molecule has 7 nitrogen and oxygen atoms in total. The van der Waals surface area contributed by atoms with Gasteiger partial charge in [-0.3, -0.25) is 9.48 Å². The molecular weight excluding hydrogens is 280 g/mol. The maximum atomic E-state index is 12.1. The van der Waals surface area contributed by atoms with Gasteiger partial charge in [-0.25, -0.2) is 9.97 Å². The third-order valence-electron chi connectivity index (χ3n) is 3.35. The fourth-order valence-electron chi connectivity index (χ4n) is 2.32. The number of H-pyrrole nitrogens is 1. The summed E-state index contributed by atoms with van der Waals surface area (Å²) in [5.41, 5.74) is 1.44. The number of hydrogen-bond donors (Lipinski definition) is 1. The fourth-order valence-corrected chi connectivity index (χ4v) is 2.32. The standard InChI is InChI=1S/C15H14N6O/c1-8(2)12-11(5-16)15(22)19-14(18-12)9-4-10-7-21(3)20-13(10)17-6-9/h4,6-8H,1-3H3,(H,18,19,22). The maximum absolute atomic E-state index is 12.1. The third-order valence-corrected chi connectivity index (χ3v) is 3.35. The molecule has 0 spiro atoms. The largest absolute Gasteiger partial charge is 0.305 e. The molecule has 3 aromatic rings. The van der Waals surface area contributed by atoms with Crippen LogP contribution >= 0.6 is 0 Å². The van der Waals surface area contributed by atoms with Gasteiger partial charge in [0.25, 0.3) is 5.56 Å². The van der Waals surface area contributed by atoms with E-state index in [1.165, 1.54) is 0 Å². The summed E-state index contributed by atoms with van der Waals surface area (Å²) in [5.74, 6) is 0.386. The van der Waals surface area contributed by atoms with E-state index >= 15 is 0 Å². The zero-order valence-corrected chi connectivity index (χ0v) is 12.5. The molecule has 110 valence electrons. The minimum atomic E-state index is -0.428. The molecule has 0 aliphatic heterocycles. The molecule has 1 N–H and O–H groups in total. The zero-order chi connectivity index (χ0) is 15.9. The Morgan fingerprint density at radius 3 is 2.86 bits per heavy atom. The van der Waals surface area contributed by atoms with Gasteiger partial charge in [-0.1, -0.05) is 13.8 Å². The summed E-state index contributed by atoms with van der Waals surface area (Å²) in [6, 6.07) is 3.79. The Morgan fingerprint density at radius 2 is 2.18 bits per heavy atom. The Labute approximate surface area is 126 Å². The Kier molecular flexibility index (Phi) is 3.22. The quantitative estimate of drug-likeness (QED) is 0.775. The van der Waals surface area contributed by atoms with E-state index in [0.717, 1.165) is 5.39 Å². The Bertz CT molecular complexity index is 960. The molecule has 0 aliphatic rings. The van der Waals surface area contributed by atoms with Crippen molar-refractivity contribution in [3.63, 3.8) is 0 Å². The van der Waals surface area contributed by atoms with E-state index in [-0.39, 0.29) is 11.5 Å². The van der Waals surface area contributed by atoms with Crippen LogP contribution in [0.3, 0.4) is 0 Å². The van der Waals surface area contributed by atoms with Gasteiger partial charge in [0, 0.05) is 30.4 Å². The number of nitriles is 1. The number of rotatable bonds is 2. The van der Waals surface area contributed by atoms with Crippen LogP contribution in [0.25, 0.3) is 22.4 Å². The van der Waals surface area contributed by atoms with Gasteiger partial charge in [0.15, 0.2) is 5.65 Å². The minimum Gasteiger partial charge on any atom is -0.305 e. The van der Waals surface area contributed by atoms with E-state index in [9.17, 15) is 4.79 Å². The topological polar surface area (TPSA) is 100 Å². The average molecular weight is 294 g/mol. The molecule has 0 radical (unpaired) electrons. The summed E-state index contributed by atoms with van der Waals surface area (Å²) in [6.07, 6.45) is 3.46. The van der Waals surface area contributed by atoms with Gasteiger partial charge in [-0.2, -0.15) is 10.4 Å². The molecule has 0 unspecified atom stereocenters. The lowest BCUT2D eigenvalue weighted by Crippen LogP contribution is -2.17. The van der Waals surface area contributed by atoms with Crippen LogP contribution in [0.15, 0.2) is 23.3 Å². The van der Waals surface area contributed by atoms with Crippen molar-refractivity contribution in [2.45, 2.75) is 19.8 Å². The molecule has 0 aromatic carbocycles. The van der Waals surface area contributed by atoms with Crippen LogP contribution in [-0.4, -0.2) is 24.7 Å². The molecule has 3 aromatic heterocycles. The first-order chi connectivity index (χ1) is 10.5. The first kappa shape index (κ1) is 13.9. The highest BCUT2D eigenvalue weighted by Gasteiger charge is 2.15. The predicted octanol–water partition coefficient (Wildman–Crippen LogP) is 1.71. The number of pyridine rings is 1. The number of aromatic amines is 1. The molecule has 3 heterocycles. The van der Waals surface area contributed by atoms with Gasteiger partial charge in [-0.15, -0.1) is 0 Å². The Balaban J connectivity index is 2.22. The van der Waals surface area contributed by atoms with Gasteiger partial charge in [0.05, 0.1) is 5.69 Å². The van der Waals surface area contributed by atoms with Gasteiger partial charge < -0.3 is 4.98 Å². The molecule has 7 heteroatoms. The number of fused-ring (bicyclic) bond motifs is 1. The normalized spacial score (nSPS) is 11.0. The van der Waals surface area contributed by atoms with E-state index in [1.54, 1.807) is 10.9 Å². The Hall–Kier alpha value is -3.01. The van der Waals surface area contributed by atoms with Crippen molar-refractivity contribution in [2.75, 3.05) is 0 Å². The average Bonchev–Trinajstić information content (AvgIpc) is 2.85. The summed E-state index contributed by atoms with van der Waals surface area (Å²) in [6.45, 7) is 3.80. The van der Waals surface area contributed by atoms with Gasteiger partial charge in [-0.05, 0) is 12.0 Å². The van der Waals surface area contributed by atoms with E-state index in [4.69, 9.17) is 5.26 Å². The van der Waals surface area contributed by atoms with E-state index < -0.39 is 5.56 Å². The number of aromatic nitrogens is 5. The maximum Gasteiger partial charge on any atom is 0.269 e. The van der Waals surface area contributed by atoms with Crippen molar-refractivity contribution in [1.82, 2.24) is 24.7 Å². The van der Waals surface area contributed by atoms with Crippen LogP contribution in [0.5, 0.6) is 0 Å². The van der Waals surface area contributed by atoms with Crippen molar-refractivity contribution in [1.29, 1.82) is 5.26 Å². The van der Waals surface area contributed by atoms with Crippen LogP contribution < -0.4 is 5.56 Å². The van der Waals surface area contributed by atoms with Crippen LogP contribution in [0, 0.1) is 11.3 Å². The molecule has 22 heavy (non-hydrogen) atoms. The number of nitrogens with one attached hydrogen (secondary N) is 1. The predicted molar refractivity (Wildman–Crippen MR) is 81.2 cm³/mol. The van der Waals surface area contributed by atoms with Crippen LogP contribution in [0.2, 0.25) is 0 Å². The molecular formula is C15H14N6O. The summed E-state index contributed by atoms with van der Waals surface area (Å²) >= 11 is 0. The second-order valence-corrected chi connectivity index (χ2v) is 5.38. The summed E-state index contributed by atoms with van der Waals surface area (Å²) < 4.78 is 1.68. The van der Waals surface area contributed by atoms with Gasteiger partial charge in [0.2, 0.25) is 0 Å². The van der Waals surface area contributed by atoms with Crippen LogP contribution in [0.1, 0.15) is 31.0 Å². The second kappa shape index (κ2) is 5.07. The van der Waals surface area contributed by atoms with Crippen LogP contribution in [-0.2, 0) is 7.05 Å². The minimum absolute atomic E-state index is 0.0224. The van der Waals surface area contributed by atoms with Gasteiger partial charge >= 0.3 is 0 Å². The fraction of sp³-hybridized carbons (Fsp3) is 0.267. The summed E-state index contributed by atoms with van der Waals surface area (Å²) in [4.78, 5) is 23.4. The SMILES string of the molecule is CC(C)c1nc(-c2cnc3nn(C)cc3c2)[nH]c(=O)c1C#N. The highest BCUT2D eigenvalue weighted by Crippen LogP contribution is 2.21. The van der Waals surface area contributed by atoms with Gasteiger partial charge in [0.1, 0.15) is 17.5 Å².